The quantitative estimate of drug-likeness (QED) is 0.717. The first-order valence-corrected chi connectivity index (χ1v) is 7.13. The van der Waals surface area contributed by atoms with Crippen LogP contribution in [-0.2, 0) is 14.8 Å². The van der Waals surface area contributed by atoms with Crippen molar-refractivity contribution in [3.8, 4) is 0 Å². The summed E-state index contributed by atoms with van der Waals surface area (Å²) >= 11 is 4.04. The van der Waals surface area contributed by atoms with Crippen LogP contribution in [0.2, 0.25) is 0 Å². The van der Waals surface area contributed by atoms with Gasteiger partial charge >= 0.3 is 5.97 Å². The van der Waals surface area contributed by atoms with Crippen LogP contribution in [0.4, 0.5) is 0 Å². The molecule has 0 saturated carbocycles. The van der Waals surface area contributed by atoms with Crippen molar-refractivity contribution < 1.29 is 23.4 Å². The van der Waals surface area contributed by atoms with Crippen LogP contribution in [0.1, 0.15) is 0 Å². The van der Waals surface area contributed by atoms with Gasteiger partial charge in [-0.2, -0.15) is 0 Å². The zero-order valence-electron chi connectivity index (χ0n) is 7.75. The van der Waals surface area contributed by atoms with Gasteiger partial charge in [-0.15, -0.1) is 11.3 Å². The molecule has 9 heteroatoms. The molecule has 0 bridgehead atoms. The highest BCUT2D eigenvalue weighted by Gasteiger charge is 2.22. The van der Waals surface area contributed by atoms with E-state index < -0.39 is 28.6 Å². The number of carboxylic acids is 1. The number of carboxylic acid groups (broad SMARTS) is 1. The molecule has 0 saturated heterocycles. The maximum absolute atomic E-state index is 11.6. The predicted molar refractivity (Wildman–Crippen MR) is 60.9 cm³/mol. The molecule has 0 radical (unpaired) electrons. The van der Waals surface area contributed by atoms with E-state index in [0.29, 0.717) is 4.47 Å². The van der Waals surface area contributed by atoms with E-state index in [4.69, 9.17) is 10.2 Å². The molecule has 1 aromatic heterocycles. The van der Waals surface area contributed by atoms with Crippen molar-refractivity contribution in [2.45, 2.75) is 10.3 Å². The van der Waals surface area contributed by atoms with Crippen LogP contribution >= 0.6 is 27.3 Å². The van der Waals surface area contributed by atoms with Crippen LogP contribution in [0, 0.1) is 0 Å². The summed E-state index contributed by atoms with van der Waals surface area (Å²) in [6.07, 6.45) is -1.76. The number of carbonyl (C=O) groups is 1. The van der Waals surface area contributed by atoms with Gasteiger partial charge in [0.05, 0.1) is 0 Å². The highest BCUT2D eigenvalue weighted by Crippen LogP contribution is 2.27. The third kappa shape index (κ3) is 3.25. The molecule has 0 aromatic carbocycles. The Bertz CT molecular complexity index is 483. The molecule has 0 amide bonds. The highest BCUT2D eigenvalue weighted by molar-refractivity contribution is 9.10. The maximum Gasteiger partial charge on any atom is 0.333 e. The van der Waals surface area contributed by atoms with Gasteiger partial charge in [0.15, 0.2) is 6.10 Å². The lowest BCUT2D eigenvalue weighted by Crippen LogP contribution is -2.36. The molecule has 1 aromatic rings. The van der Waals surface area contributed by atoms with E-state index in [2.05, 4.69) is 15.9 Å². The summed E-state index contributed by atoms with van der Waals surface area (Å²) in [5.74, 6) is -1.48. The predicted octanol–water partition coefficient (Wildman–Crippen LogP) is 0.234. The first-order valence-electron chi connectivity index (χ1n) is 3.98. The Hall–Kier alpha value is -0.480. The Morgan fingerprint density at radius 2 is 2.25 bits per heavy atom. The van der Waals surface area contributed by atoms with E-state index >= 15 is 0 Å². The number of hydrogen-bond acceptors (Lipinski definition) is 5. The van der Waals surface area contributed by atoms with E-state index in [0.717, 1.165) is 11.3 Å². The Morgan fingerprint density at radius 3 is 2.69 bits per heavy atom. The van der Waals surface area contributed by atoms with Gasteiger partial charge in [0, 0.05) is 11.0 Å². The van der Waals surface area contributed by atoms with Crippen LogP contribution in [0.15, 0.2) is 20.1 Å². The van der Waals surface area contributed by atoms with E-state index in [9.17, 15) is 13.2 Å². The second-order valence-electron chi connectivity index (χ2n) is 2.76. The molecule has 1 heterocycles. The molecule has 0 spiro atoms. The minimum atomic E-state index is -3.78. The number of thiophene rings is 1. The summed E-state index contributed by atoms with van der Waals surface area (Å²) in [5.41, 5.74) is 0. The van der Waals surface area contributed by atoms with E-state index in [1.165, 1.54) is 0 Å². The summed E-state index contributed by atoms with van der Waals surface area (Å²) in [4.78, 5) is 10.3. The molecule has 6 nitrogen and oxygen atoms in total. The van der Waals surface area contributed by atoms with Crippen molar-refractivity contribution >= 4 is 43.3 Å². The number of aliphatic hydroxyl groups excluding tert-OH is 1. The summed E-state index contributed by atoms with van der Waals surface area (Å²) in [7, 11) is -3.78. The number of aliphatic hydroxyl groups is 1. The molecule has 90 valence electrons. The van der Waals surface area contributed by atoms with Crippen LogP contribution in [0.5, 0.6) is 0 Å². The van der Waals surface area contributed by atoms with Crippen molar-refractivity contribution in [1.82, 2.24) is 4.72 Å². The normalized spacial score (nSPS) is 13.6. The Morgan fingerprint density at radius 1 is 1.62 bits per heavy atom. The second-order valence-corrected chi connectivity index (χ2v) is 6.49. The van der Waals surface area contributed by atoms with Gasteiger partial charge in [-0.3, -0.25) is 0 Å². The number of rotatable bonds is 5. The third-order valence-electron chi connectivity index (χ3n) is 1.58. The summed E-state index contributed by atoms with van der Waals surface area (Å²) in [6, 6.07) is 1.56. The minimum Gasteiger partial charge on any atom is -0.479 e. The first kappa shape index (κ1) is 13.6. The minimum absolute atomic E-state index is 0.0464. The van der Waals surface area contributed by atoms with Crippen molar-refractivity contribution in [3.05, 3.63) is 15.9 Å². The SMILES string of the molecule is O=C(O)[C@@H](O)CNS(=O)(=O)c1sccc1Br. The molecule has 0 unspecified atom stereocenters. The number of halogens is 1. The average molecular weight is 330 g/mol. The van der Waals surface area contributed by atoms with Gasteiger partial charge < -0.3 is 10.2 Å². The van der Waals surface area contributed by atoms with Crippen LogP contribution < -0.4 is 4.72 Å². The fourth-order valence-electron chi connectivity index (χ4n) is 0.813. The fraction of sp³-hybridized carbons (Fsp3) is 0.286. The molecule has 16 heavy (non-hydrogen) atoms. The number of nitrogens with one attached hydrogen (secondary N) is 1. The van der Waals surface area contributed by atoms with Crippen LogP contribution in [0.3, 0.4) is 0 Å². The van der Waals surface area contributed by atoms with Crippen molar-refractivity contribution in [3.63, 3.8) is 0 Å². The number of hydrogen-bond donors (Lipinski definition) is 3. The Balaban J connectivity index is 2.75. The standard InChI is InChI=1S/C7H8BrNO5S2/c8-4-1-2-15-7(4)16(13,14)9-3-5(10)6(11)12/h1-2,5,9-10H,3H2,(H,11,12)/t5-/m0/s1. The van der Waals surface area contributed by atoms with Gasteiger partial charge in [0.1, 0.15) is 4.21 Å². The van der Waals surface area contributed by atoms with Gasteiger partial charge in [0.2, 0.25) is 0 Å². The number of sulfonamides is 1. The highest BCUT2D eigenvalue weighted by atomic mass is 79.9. The van der Waals surface area contributed by atoms with Gasteiger partial charge in [-0.25, -0.2) is 17.9 Å². The molecule has 0 aliphatic heterocycles. The maximum atomic E-state index is 11.6. The first-order chi connectivity index (χ1) is 7.34. The summed E-state index contributed by atoms with van der Waals surface area (Å²) in [6.45, 7) is -0.567. The molecule has 0 aliphatic carbocycles. The molecular weight excluding hydrogens is 322 g/mol. The molecule has 0 aliphatic rings. The van der Waals surface area contributed by atoms with E-state index in [-0.39, 0.29) is 4.21 Å². The Kier molecular flexibility index (Phi) is 4.44. The van der Waals surface area contributed by atoms with Crippen LogP contribution in [-0.4, -0.2) is 37.2 Å². The van der Waals surface area contributed by atoms with E-state index in [1.54, 1.807) is 11.4 Å². The molecule has 3 N–H and O–H groups in total. The Labute approximate surface area is 104 Å². The van der Waals surface area contributed by atoms with Gasteiger partial charge in [-0.1, -0.05) is 0 Å². The third-order valence-corrected chi connectivity index (χ3v) is 5.67. The lowest BCUT2D eigenvalue weighted by Gasteiger charge is -2.07. The van der Waals surface area contributed by atoms with Crippen LogP contribution in [0.25, 0.3) is 0 Å². The molecule has 1 atom stereocenters. The molecule has 1 rings (SSSR count). The zero-order chi connectivity index (χ0) is 12.3. The smallest absolute Gasteiger partial charge is 0.333 e. The number of aliphatic carboxylic acids is 1. The monoisotopic (exact) mass is 329 g/mol. The van der Waals surface area contributed by atoms with Gasteiger partial charge in [0.25, 0.3) is 10.0 Å². The lowest BCUT2D eigenvalue weighted by atomic mass is 10.4. The van der Waals surface area contributed by atoms with Crippen molar-refractivity contribution in [2.75, 3.05) is 6.54 Å². The fourth-order valence-corrected chi connectivity index (χ4v) is 4.23. The largest absolute Gasteiger partial charge is 0.479 e. The van der Waals surface area contributed by atoms with Gasteiger partial charge in [-0.05, 0) is 27.4 Å². The summed E-state index contributed by atoms with van der Waals surface area (Å²) < 4.78 is 25.7. The second kappa shape index (κ2) is 5.23. The molecular formula is C7H8BrNO5S2. The van der Waals surface area contributed by atoms with Crippen molar-refractivity contribution in [1.29, 1.82) is 0 Å². The van der Waals surface area contributed by atoms with Crippen molar-refractivity contribution in [2.24, 2.45) is 0 Å². The lowest BCUT2D eigenvalue weighted by molar-refractivity contribution is -0.146. The molecule has 0 fully saturated rings. The average Bonchev–Trinajstić information content (AvgIpc) is 2.61. The van der Waals surface area contributed by atoms with E-state index in [1.807, 2.05) is 4.72 Å². The summed E-state index contributed by atoms with van der Waals surface area (Å²) in [5, 5.41) is 18.9. The zero-order valence-corrected chi connectivity index (χ0v) is 11.0. The topological polar surface area (TPSA) is 104 Å².